The van der Waals surface area contributed by atoms with E-state index < -0.39 is 30.4 Å². The van der Waals surface area contributed by atoms with Gasteiger partial charge in [0.05, 0.1) is 6.10 Å². The molecule has 13 heavy (non-hydrogen) atoms. The molecule has 0 heterocycles. The zero-order valence-corrected chi connectivity index (χ0v) is 7.41. The van der Waals surface area contributed by atoms with Gasteiger partial charge in [-0.15, -0.1) is 0 Å². The van der Waals surface area contributed by atoms with Crippen molar-refractivity contribution in [3.63, 3.8) is 0 Å². The van der Waals surface area contributed by atoms with Crippen LogP contribution in [0.1, 0.15) is 6.92 Å². The Kier molecular flexibility index (Phi) is 4.86. The number of carboxylic acids is 1. The van der Waals surface area contributed by atoms with Gasteiger partial charge >= 0.3 is 5.97 Å². The first kappa shape index (κ1) is 12.3. The molecule has 0 aromatic heterocycles. The molecular weight excluding hydrogens is 180 g/mol. The van der Waals surface area contributed by atoms with E-state index in [2.05, 4.69) is 4.74 Å². The minimum absolute atomic E-state index is 1.14. The van der Waals surface area contributed by atoms with Crippen molar-refractivity contribution in [2.24, 2.45) is 0 Å². The lowest BCUT2D eigenvalue weighted by atomic mass is 10.0. The van der Waals surface area contributed by atoms with E-state index in [1.54, 1.807) is 0 Å². The van der Waals surface area contributed by atoms with E-state index in [4.69, 9.17) is 15.3 Å². The molecule has 0 aliphatic carbocycles. The molecule has 78 valence electrons. The van der Waals surface area contributed by atoms with E-state index in [9.17, 15) is 9.90 Å². The molecule has 0 fully saturated rings. The van der Waals surface area contributed by atoms with Crippen molar-refractivity contribution in [3.8, 4) is 0 Å². The minimum Gasteiger partial charge on any atom is -0.479 e. The van der Waals surface area contributed by atoms with Gasteiger partial charge in [0.1, 0.15) is 12.2 Å². The average molecular weight is 194 g/mol. The van der Waals surface area contributed by atoms with Crippen molar-refractivity contribution in [1.29, 1.82) is 0 Å². The van der Waals surface area contributed by atoms with Gasteiger partial charge in [-0.1, -0.05) is 0 Å². The summed E-state index contributed by atoms with van der Waals surface area (Å²) in [4.78, 5) is 10.3. The fourth-order valence-electron chi connectivity index (χ4n) is 0.870. The number of aliphatic hydroxyl groups excluding tert-OH is 3. The standard InChI is InChI=1S/C7H14O6/c1-3(8)4(9)6(13-2)5(10)7(11)12/h3-6,8-10H,1-2H3,(H,11,12)/t3-,4+,5+,6-/m1/s1. The zero-order valence-electron chi connectivity index (χ0n) is 7.41. The quantitative estimate of drug-likeness (QED) is 0.411. The van der Waals surface area contributed by atoms with Crippen LogP contribution in [0.5, 0.6) is 0 Å². The van der Waals surface area contributed by atoms with Crippen LogP contribution in [0.25, 0.3) is 0 Å². The molecule has 6 nitrogen and oxygen atoms in total. The van der Waals surface area contributed by atoms with Crippen LogP contribution < -0.4 is 0 Å². The molecule has 0 bridgehead atoms. The molecule has 4 N–H and O–H groups in total. The van der Waals surface area contributed by atoms with E-state index in [1.165, 1.54) is 6.92 Å². The number of rotatable bonds is 5. The second-order valence-corrected chi connectivity index (χ2v) is 2.71. The third-order valence-corrected chi connectivity index (χ3v) is 1.67. The van der Waals surface area contributed by atoms with Crippen LogP contribution in [0, 0.1) is 0 Å². The summed E-state index contributed by atoms with van der Waals surface area (Å²) < 4.78 is 4.56. The molecule has 0 spiro atoms. The summed E-state index contributed by atoms with van der Waals surface area (Å²) in [5.74, 6) is -1.51. The van der Waals surface area contributed by atoms with Gasteiger partial charge in [0, 0.05) is 7.11 Å². The van der Waals surface area contributed by atoms with Gasteiger partial charge in [-0.2, -0.15) is 0 Å². The highest BCUT2D eigenvalue weighted by molar-refractivity contribution is 5.72. The number of aliphatic hydroxyl groups is 3. The summed E-state index contributed by atoms with van der Waals surface area (Å²) in [5, 5.41) is 35.5. The molecule has 0 aliphatic heterocycles. The van der Waals surface area contributed by atoms with Crippen LogP contribution in [0.15, 0.2) is 0 Å². The van der Waals surface area contributed by atoms with Gasteiger partial charge in [-0.25, -0.2) is 4.79 Å². The average Bonchev–Trinajstić information content (AvgIpc) is 2.04. The van der Waals surface area contributed by atoms with Crippen molar-refractivity contribution in [1.82, 2.24) is 0 Å². The van der Waals surface area contributed by atoms with Crippen LogP contribution in [-0.4, -0.2) is 57.9 Å². The lowest BCUT2D eigenvalue weighted by molar-refractivity contribution is -0.166. The molecule has 0 aromatic carbocycles. The predicted octanol–water partition coefficient (Wildman–Crippen LogP) is -1.81. The molecule has 0 rings (SSSR count). The maximum atomic E-state index is 10.3. The number of ether oxygens (including phenoxy) is 1. The van der Waals surface area contributed by atoms with Gasteiger partial charge in [0.15, 0.2) is 6.10 Å². The number of methoxy groups -OCH3 is 1. The van der Waals surface area contributed by atoms with Crippen molar-refractivity contribution in [3.05, 3.63) is 0 Å². The fraction of sp³-hybridized carbons (Fsp3) is 0.857. The van der Waals surface area contributed by atoms with Crippen LogP contribution in [0.4, 0.5) is 0 Å². The monoisotopic (exact) mass is 194 g/mol. The van der Waals surface area contributed by atoms with Crippen LogP contribution >= 0.6 is 0 Å². The van der Waals surface area contributed by atoms with Gasteiger partial charge in [0.2, 0.25) is 0 Å². The molecule has 0 amide bonds. The van der Waals surface area contributed by atoms with Crippen LogP contribution in [0.3, 0.4) is 0 Å². The molecule has 0 aromatic rings. The first-order valence-electron chi connectivity index (χ1n) is 3.71. The number of carboxylic acid groups (broad SMARTS) is 1. The van der Waals surface area contributed by atoms with E-state index in [0.29, 0.717) is 0 Å². The Balaban J connectivity index is 4.40. The fourth-order valence-corrected chi connectivity index (χ4v) is 0.870. The van der Waals surface area contributed by atoms with E-state index in [0.717, 1.165) is 7.11 Å². The molecule has 0 saturated heterocycles. The Morgan fingerprint density at radius 1 is 1.31 bits per heavy atom. The molecule has 0 saturated carbocycles. The first-order valence-corrected chi connectivity index (χ1v) is 3.71. The van der Waals surface area contributed by atoms with E-state index >= 15 is 0 Å². The topological polar surface area (TPSA) is 107 Å². The third-order valence-electron chi connectivity index (χ3n) is 1.67. The molecule has 0 radical (unpaired) electrons. The number of hydrogen-bond acceptors (Lipinski definition) is 5. The maximum Gasteiger partial charge on any atom is 0.335 e. The van der Waals surface area contributed by atoms with Crippen molar-refractivity contribution in [2.75, 3.05) is 7.11 Å². The summed E-state index contributed by atoms with van der Waals surface area (Å²) in [6, 6.07) is 0. The number of aliphatic carboxylic acids is 1. The second kappa shape index (κ2) is 5.13. The Morgan fingerprint density at radius 2 is 1.77 bits per heavy atom. The summed E-state index contributed by atoms with van der Waals surface area (Å²) in [6.07, 6.45) is -5.79. The highest BCUT2D eigenvalue weighted by Crippen LogP contribution is 2.08. The normalized spacial score (nSPS) is 20.4. The zero-order chi connectivity index (χ0) is 10.6. The number of carbonyl (C=O) groups is 1. The van der Waals surface area contributed by atoms with Crippen LogP contribution in [0.2, 0.25) is 0 Å². The third kappa shape index (κ3) is 3.27. The smallest absolute Gasteiger partial charge is 0.335 e. The summed E-state index contributed by atoms with van der Waals surface area (Å²) in [6.45, 7) is 1.27. The second-order valence-electron chi connectivity index (χ2n) is 2.71. The lowest BCUT2D eigenvalue weighted by Crippen LogP contribution is -2.47. The Labute approximate surface area is 75.4 Å². The van der Waals surface area contributed by atoms with E-state index in [1.807, 2.05) is 0 Å². The van der Waals surface area contributed by atoms with Crippen molar-refractivity contribution in [2.45, 2.75) is 31.3 Å². The van der Waals surface area contributed by atoms with E-state index in [-0.39, 0.29) is 0 Å². The highest BCUT2D eigenvalue weighted by atomic mass is 16.5. The molecular formula is C7H14O6. The van der Waals surface area contributed by atoms with Gasteiger partial charge in [-0.05, 0) is 6.92 Å². The Morgan fingerprint density at radius 3 is 2.00 bits per heavy atom. The highest BCUT2D eigenvalue weighted by Gasteiger charge is 2.34. The lowest BCUT2D eigenvalue weighted by Gasteiger charge is -2.25. The van der Waals surface area contributed by atoms with Gasteiger partial charge in [-0.3, -0.25) is 0 Å². The largest absolute Gasteiger partial charge is 0.479 e. The molecule has 0 unspecified atom stereocenters. The first-order chi connectivity index (χ1) is 5.91. The molecule has 4 atom stereocenters. The maximum absolute atomic E-state index is 10.3. The van der Waals surface area contributed by atoms with Crippen LogP contribution in [-0.2, 0) is 9.53 Å². The number of hydrogen-bond donors (Lipinski definition) is 4. The Hall–Kier alpha value is -0.690. The predicted molar refractivity (Wildman–Crippen MR) is 42.1 cm³/mol. The summed E-state index contributed by atoms with van der Waals surface area (Å²) in [7, 11) is 1.14. The van der Waals surface area contributed by atoms with Gasteiger partial charge in [0.25, 0.3) is 0 Å². The van der Waals surface area contributed by atoms with Crippen molar-refractivity contribution < 1.29 is 30.0 Å². The van der Waals surface area contributed by atoms with Gasteiger partial charge < -0.3 is 25.2 Å². The summed E-state index contributed by atoms with van der Waals surface area (Å²) >= 11 is 0. The van der Waals surface area contributed by atoms with Crippen molar-refractivity contribution >= 4 is 5.97 Å². The molecule has 0 aliphatic rings. The minimum atomic E-state index is -1.85. The molecule has 6 heteroatoms. The summed E-state index contributed by atoms with van der Waals surface area (Å²) in [5.41, 5.74) is 0. The Bertz CT molecular complexity index is 168. The SMILES string of the molecule is CO[C@H]([C@@H](O)[C@@H](C)O)[C@H](O)C(=O)O.